The molecule has 1 aliphatic heterocycles. The van der Waals surface area contributed by atoms with Gasteiger partial charge in [-0.15, -0.1) is 0 Å². The lowest BCUT2D eigenvalue weighted by molar-refractivity contribution is -0.130. The Hall–Kier alpha value is -2.14. The van der Waals surface area contributed by atoms with Gasteiger partial charge in [0.25, 0.3) is 0 Å². The molecule has 2 aromatic rings. The van der Waals surface area contributed by atoms with E-state index in [0.717, 1.165) is 27.1 Å². The molecule has 0 saturated heterocycles. The first kappa shape index (κ1) is 16.7. The van der Waals surface area contributed by atoms with Crippen molar-refractivity contribution in [1.82, 2.24) is 5.01 Å². The average Bonchev–Trinajstić information content (AvgIpc) is 3.02. The Balaban J connectivity index is 1.86. The van der Waals surface area contributed by atoms with Crippen LogP contribution in [-0.2, 0) is 4.79 Å². The van der Waals surface area contributed by atoms with Crippen LogP contribution in [0.3, 0.4) is 0 Å². The second-order valence-corrected chi connectivity index (χ2v) is 6.55. The molecular formula is C19H19BrN2O2. The third-order valence-electron chi connectivity index (χ3n) is 3.99. The summed E-state index contributed by atoms with van der Waals surface area (Å²) in [5, 5.41) is 6.13. The molecular weight excluding hydrogens is 368 g/mol. The fourth-order valence-corrected chi connectivity index (χ4v) is 3.09. The first-order valence-corrected chi connectivity index (χ1v) is 8.73. The zero-order valence-electron chi connectivity index (χ0n) is 13.7. The molecule has 2 aromatic carbocycles. The van der Waals surface area contributed by atoms with E-state index < -0.39 is 0 Å². The third kappa shape index (κ3) is 3.51. The van der Waals surface area contributed by atoms with Gasteiger partial charge in [-0.1, -0.05) is 40.2 Å². The molecule has 3 rings (SSSR count). The molecule has 1 amide bonds. The number of hydrogen-bond donors (Lipinski definition) is 0. The van der Waals surface area contributed by atoms with Crippen LogP contribution in [0.25, 0.3) is 0 Å². The van der Waals surface area contributed by atoms with Crippen molar-refractivity contribution >= 4 is 27.5 Å². The van der Waals surface area contributed by atoms with Crippen molar-refractivity contribution in [2.75, 3.05) is 6.61 Å². The van der Waals surface area contributed by atoms with Gasteiger partial charge < -0.3 is 4.74 Å². The number of carbonyl (C=O) groups is 1. The average molecular weight is 387 g/mol. The van der Waals surface area contributed by atoms with Crippen molar-refractivity contribution in [3.8, 4) is 5.75 Å². The monoisotopic (exact) mass is 386 g/mol. The number of halogens is 1. The number of benzene rings is 2. The summed E-state index contributed by atoms with van der Waals surface area (Å²) in [6, 6.07) is 15.8. The number of rotatable bonds is 4. The second-order valence-electron chi connectivity index (χ2n) is 5.64. The van der Waals surface area contributed by atoms with E-state index in [-0.39, 0.29) is 11.9 Å². The van der Waals surface area contributed by atoms with E-state index in [0.29, 0.717) is 13.0 Å². The molecule has 124 valence electrons. The van der Waals surface area contributed by atoms with Gasteiger partial charge in [0.2, 0.25) is 5.91 Å². The van der Waals surface area contributed by atoms with Crippen molar-refractivity contribution in [2.45, 2.75) is 26.3 Å². The maximum absolute atomic E-state index is 12.0. The Labute approximate surface area is 150 Å². The quantitative estimate of drug-likeness (QED) is 0.773. The van der Waals surface area contributed by atoms with Crippen molar-refractivity contribution in [2.24, 2.45) is 5.10 Å². The zero-order chi connectivity index (χ0) is 17.1. The highest BCUT2D eigenvalue weighted by atomic mass is 79.9. The van der Waals surface area contributed by atoms with Crippen LogP contribution in [0, 0.1) is 0 Å². The van der Waals surface area contributed by atoms with Gasteiger partial charge >= 0.3 is 0 Å². The number of hydrazone groups is 1. The van der Waals surface area contributed by atoms with E-state index in [2.05, 4.69) is 21.0 Å². The molecule has 5 heteroatoms. The largest absolute Gasteiger partial charge is 0.494 e. The minimum Gasteiger partial charge on any atom is -0.494 e. The minimum atomic E-state index is -0.0724. The van der Waals surface area contributed by atoms with Gasteiger partial charge in [-0.2, -0.15) is 5.10 Å². The molecule has 0 saturated carbocycles. The summed E-state index contributed by atoms with van der Waals surface area (Å²) in [5.74, 6) is 0.781. The molecule has 24 heavy (non-hydrogen) atoms. The van der Waals surface area contributed by atoms with Gasteiger partial charge in [0.05, 0.1) is 18.4 Å². The molecule has 1 heterocycles. The van der Waals surface area contributed by atoms with Crippen LogP contribution in [0.15, 0.2) is 58.1 Å². The maximum atomic E-state index is 12.0. The predicted octanol–water partition coefficient (Wildman–Crippen LogP) is 4.55. The maximum Gasteiger partial charge on any atom is 0.240 e. The third-order valence-corrected chi connectivity index (χ3v) is 4.51. The van der Waals surface area contributed by atoms with Gasteiger partial charge in [-0.05, 0) is 42.3 Å². The van der Waals surface area contributed by atoms with E-state index in [1.807, 2.05) is 55.5 Å². The van der Waals surface area contributed by atoms with Crippen molar-refractivity contribution < 1.29 is 9.53 Å². The molecule has 0 spiro atoms. The van der Waals surface area contributed by atoms with E-state index in [4.69, 9.17) is 4.74 Å². The molecule has 4 nitrogen and oxygen atoms in total. The molecule has 0 fully saturated rings. The highest BCUT2D eigenvalue weighted by Gasteiger charge is 2.31. The topological polar surface area (TPSA) is 41.9 Å². The number of carbonyl (C=O) groups excluding carboxylic acids is 1. The van der Waals surface area contributed by atoms with Crippen LogP contribution in [0.1, 0.15) is 37.4 Å². The molecule has 0 bridgehead atoms. The summed E-state index contributed by atoms with van der Waals surface area (Å²) in [6.07, 6.45) is 0.704. The fourth-order valence-electron chi connectivity index (χ4n) is 2.83. The van der Waals surface area contributed by atoms with Crippen molar-refractivity contribution in [3.05, 3.63) is 64.1 Å². The molecule has 1 unspecified atom stereocenters. The molecule has 0 radical (unpaired) electrons. The SMILES string of the molecule is CCOc1ccc(C2CC(c3ccc(Br)cc3)=NN2C(C)=O)cc1. The number of amides is 1. The van der Waals surface area contributed by atoms with Crippen LogP contribution in [-0.4, -0.2) is 23.2 Å². The van der Waals surface area contributed by atoms with Gasteiger partial charge in [-0.3, -0.25) is 4.79 Å². The Morgan fingerprint density at radius 1 is 1.21 bits per heavy atom. The molecule has 0 aromatic heterocycles. The smallest absolute Gasteiger partial charge is 0.240 e. The highest BCUT2D eigenvalue weighted by Crippen LogP contribution is 2.33. The van der Waals surface area contributed by atoms with Gasteiger partial charge in [-0.25, -0.2) is 5.01 Å². The molecule has 0 N–H and O–H groups in total. The highest BCUT2D eigenvalue weighted by molar-refractivity contribution is 9.10. The molecule has 0 aliphatic carbocycles. The van der Waals surface area contributed by atoms with Gasteiger partial charge in [0.1, 0.15) is 5.75 Å². The van der Waals surface area contributed by atoms with Gasteiger partial charge in [0.15, 0.2) is 0 Å². The van der Waals surface area contributed by atoms with Crippen LogP contribution >= 0.6 is 15.9 Å². The lowest BCUT2D eigenvalue weighted by Gasteiger charge is -2.20. The second kappa shape index (κ2) is 7.18. The van der Waals surface area contributed by atoms with Crippen LogP contribution < -0.4 is 4.74 Å². The molecule has 1 atom stereocenters. The van der Waals surface area contributed by atoms with E-state index >= 15 is 0 Å². The fraction of sp³-hybridized carbons (Fsp3) is 0.263. The standard InChI is InChI=1S/C19H19BrN2O2/c1-3-24-17-10-6-15(7-11-17)19-12-18(21-22(19)13(2)23)14-4-8-16(20)9-5-14/h4-11,19H,3,12H2,1-2H3. The van der Waals surface area contributed by atoms with E-state index in [1.165, 1.54) is 0 Å². The Bertz CT molecular complexity index is 754. The summed E-state index contributed by atoms with van der Waals surface area (Å²) in [5.41, 5.74) is 3.03. The summed E-state index contributed by atoms with van der Waals surface area (Å²) >= 11 is 3.44. The zero-order valence-corrected chi connectivity index (χ0v) is 15.3. The van der Waals surface area contributed by atoms with Crippen LogP contribution in [0.2, 0.25) is 0 Å². The first-order chi connectivity index (χ1) is 11.6. The lowest BCUT2D eigenvalue weighted by Crippen LogP contribution is -2.24. The predicted molar refractivity (Wildman–Crippen MR) is 98.2 cm³/mol. The Kier molecular flexibility index (Phi) is 5.00. The van der Waals surface area contributed by atoms with Crippen molar-refractivity contribution in [3.63, 3.8) is 0 Å². The van der Waals surface area contributed by atoms with Crippen LogP contribution in [0.5, 0.6) is 5.75 Å². The lowest BCUT2D eigenvalue weighted by atomic mass is 9.98. The van der Waals surface area contributed by atoms with Gasteiger partial charge in [0, 0.05) is 17.8 Å². The van der Waals surface area contributed by atoms with E-state index in [1.54, 1.807) is 11.9 Å². The summed E-state index contributed by atoms with van der Waals surface area (Å²) in [7, 11) is 0. The summed E-state index contributed by atoms with van der Waals surface area (Å²) in [4.78, 5) is 12.0. The summed E-state index contributed by atoms with van der Waals surface area (Å²) < 4.78 is 6.51. The minimum absolute atomic E-state index is 0.0546. The number of nitrogens with zero attached hydrogens (tertiary/aromatic N) is 2. The van der Waals surface area contributed by atoms with Crippen molar-refractivity contribution in [1.29, 1.82) is 0 Å². The summed E-state index contributed by atoms with van der Waals surface area (Å²) in [6.45, 7) is 4.15. The Morgan fingerprint density at radius 2 is 1.88 bits per heavy atom. The molecule has 1 aliphatic rings. The van der Waals surface area contributed by atoms with Crippen LogP contribution in [0.4, 0.5) is 0 Å². The van der Waals surface area contributed by atoms with E-state index in [9.17, 15) is 4.79 Å². The normalized spacial score (nSPS) is 16.9. The number of ether oxygens (including phenoxy) is 1. The first-order valence-electron chi connectivity index (χ1n) is 7.94. The Morgan fingerprint density at radius 3 is 2.46 bits per heavy atom. The number of hydrogen-bond acceptors (Lipinski definition) is 3.